The first-order chi connectivity index (χ1) is 9.78. The molecule has 2 N–H and O–H groups in total. The lowest BCUT2D eigenvalue weighted by atomic mass is 10.00. The molecular weight excluding hydrogens is 283 g/mol. The molecule has 7 nitrogen and oxygen atoms in total. The Morgan fingerprint density at radius 2 is 2.19 bits per heavy atom. The number of aliphatic hydroxyl groups excluding tert-OH is 1. The molecule has 3 rings (SSSR count). The van der Waals surface area contributed by atoms with Crippen LogP contribution in [0.2, 0.25) is 0 Å². The van der Waals surface area contributed by atoms with Crippen molar-refractivity contribution in [1.29, 1.82) is 0 Å². The molecule has 2 heterocycles. The lowest BCUT2D eigenvalue weighted by Crippen LogP contribution is -2.44. The fourth-order valence-corrected chi connectivity index (χ4v) is 2.94. The molecule has 1 aromatic heterocycles. The molecule has 8 heteroatoms. The molecule has 0 spiro atoms. The molecule has 1 saturated heterocycles. The number of hydrogen-bond donors (Lipinski definition) is 2. The summed E-state index contributed by atoms with van der Waals surface area (Å²) in [4.78, 5) is 25.1. The normalized spacial score (nSPS) is 33.8. The zero-order valence-corrected chi connectivity index (χ0v) is 11.5. The summed E-state index contributed by atoms with van der Waals surface area (Å²) in [5, 5.41) is 9.59. The lowest BCUT2D eigenvalue weighted by Gasteiger charge is -2.25. The van der Waals surface area contributed by atoms with Crippen LogP contribution in [0.4, 0.5) is 4.39 Å². The van der Waals surface area contributed by atoms with E-state index in [0.29, 0.717) is 0 Å². The van der Waals surface area contributed by atoms with Gasteiger partial charge in [-0.2, -0.15) is 0 Å². The molecule has 2 aliphatic rings. The van der Waals surface area contributed by atoms with Gasteiger partial charge in [-0.3, -0.25) is 14.3 Å². The summed E-state index contributed by atoms with van der Waals surface area (Å²) < 4.78 is 26.6. The third-order valence-corrected chi connectivity index (χ3v) is 3.68. The van der Waals surface area contributed by atoms with Gasteiger partial charge in [0.05, 0.1) is 6.61 Å². The first kappa shape index (κ1) is 14.2. The van der Waals surface area contributed by atoms with Crippen molar-refractivity contribution in [2.45, 2.75) is 37.4 Å². The summed E-state index contributed by atoms with van der Waals surface area (Å²) >= 11 is 0. The average molecular weight is 298 g/mol. The van der Waals surface area contributed by atoms with Crippen LogP contribution in [0.15, 0.2) is 33.8 Å². The van der Waals surface area contributed by atoms with Gasteiger partial charge in [-0.25, -0.2) is 9.18 Å². The Labute approximate surface area is 118 Å². The smallest absolute Gasteiger partial charge is 0.329 e. The van der Waals surface area contributed by atoms with Gasteiger partial charge in [0.15, 0.2) is 5.79 Å². The average Bonchev–Trinajstić information content (AvgIpc) is 2.77. The van der Waals surface area contributed by atoms with E-state index in [4.69, 9.17) is 9.47 Å². The van der Waals surface area contributed by atoms with Crippen molar-refractivity contribution in [1.82, 2.24) is 9.55 Å². The summed E-state index contributed by atoms with van der Waals surface area (Å²) in [6.07, 6.45) is 1.43. The van der Waals surface area contributed by atoms with E-state index in [1.54, 1.807) is 13.8 Å². The van der Waals surface area contributed by atoms with Crippen molar-refractivity contribution in [3.05, 3.63) is 45.0 Å². The highest BCUT2D eigenvalue weighted by Crippen LogP contribution is 2.49. The summed E-state index contributed by atoms with van der Waals surface area (Å²) in [7, 11) is 0. The number of nitrogens with zero attached hydrogens (tertiary/aromatic N) is 1. The molecule has 1 aromatic rings. The third-order valence-electron chi connectivity index (χ3n) is 3.68. The van der Waals surface area contributed by atoms with E-state index in [1.807, 2.05) is 0 Å². The van der Waals surface area contributed by atoms with Crippen molar-refractivity contribution in [2.75, 3.05) is 6.61 Å². The van der Waals surface area contributed by atoms with Crippen LogP contribution in [0.5, 0.6) is 0 Å². The number of fused-ring (bicyclic) bond motifs is 1. The molecule has 114 valence electrons. The van der Waals surface area contributed by atoms with Gasteiger partial charge in [-0.1, -0.05) is 0 Å². The van der Waals surface area contributed by atoms with Crippen LogP contribution < -0.4 is 11.2 Å². The van der Waals surface area contributed by atoms with Crippen molar-refractivity contribution in [2.24, 2.45) is 0 Å². The number of aromatic nitrogens is 2. The van der Waals surface area contributed by atoms with Crippen LogP contribution in [0, 0.1) is 0 Å². The van der Waals surface area contributed by atoms with Gasteiger partial charge in [-0.05, 0) is 19.9 Å². The molecule has 21 heavy (non-hydrogen) atoms. The number of H-pyrrole nitrogens is 1. The van der Waals surface area contributed by atoms with Crippen molar-refractivity contribution >= 4 is 0 Å². The van der Waals surface area contributed by atoms with Gasteiger partial charge in [0, 0.05) is 12.3 Å². The predicted molar refractivity (Wildman–Crippen MR) is 69.4 cm³/mol. The molecule has 3 atom stereocenters. The number of aliphatic hydroxyl groups is 1. The van der Waals surface area contributed by atoms with Crippen molar-refractivity contribution in [3.8, 4) is 0 Å². The van der Waals surface area contributed by atoms with Gasteiger partial charge in [0.25, 0.3) is 5.56 Å². The minimum absolute atomic E-state index is 0.483. The highest BCUT2D eigenvalue weighted by atomic mass is 19.1. The van der Waals surface area contributed by atoms with Gasteiger partial charge < -0.3 is 14.6 Å². The molecular formula is C13H15FN2O5. The van der Waals surface area contributed by atoms with Crippen LogP contribution in [0.3, 0.4) is 0 Å². The zero-order chi connectivity index (χ0) is 15.4. The Morgan fingerprint density at radius 1 is 1.48 bits per heavy atom. The summed E-state index contributed by atoms with van der Waals surface area (Å²) in [5.74, 6) is -1.67. The van der Waals surface area contributed by atoms with Crippen molar-refractivity contribution < 1.29 is 19.0 Å². The maximum Gasteiger partial charge on any atom is 0.329 e. The summed E-state index contributed by atoms with van der Waals surface area (Å²) in [6.45, 7) is 2.80. The molecule has 0 amide bonds. The van der Waals surface area contributed by atoms with Crippen molar-refractivity contribution in [3.63, 3.8) is 0 Å². The summed E-state index contributed by atoms with van der Waals surface area (Å²) in [6, 6.07) is 0.0254. The Morgan fingerprint density at radius 3 is 2.81 bits per heavy atom. The highest BCUT2D eigenvalue weighted by molar-refractivity contribution is 5.28. The third kappa shape index (κ3) is 2.06. The summed E-state index contributed by atoms with van der Waals surface area (Å²) in [5.41, 5.74) is -2.66. The van der Waals surface area contributed by atoms with Gasteiger partial charge in [-0.15, -0.1) is 0 Å². The van der Waals surface area contributed by atoms with E-state index in [-0.39, 0.29) is 0 Å². The molecule has 1 aliphatic carbocycles. The quantitative estimate of drug-likeness (QED) is 0.790. The Balaban J connectivity index is 2.10. The first-order valence-corrected chi connectivity index (χ1v) is 6.47. The zero-order valence-electron chi connectivity index (χ0n) is 11.5. The number of halogens is 1. The minimum atomic E-state index is -1.34. The molecule has 0 saturated carbocycles. The molecule has 1 fully saturated rings. The van der Waals surface area contributed by atoms with Crippen LogP contribution in [-0.4, -0.2) is 38.8 Å². The minimum Gasteiger partial charge on any atom is -0.393 e. The van der Waals surface area contributed by atoms with Crippen LogP contribution >= 0.6 is 0 Å². The maximum absolute atomic E-state index is 14.3. The number of ether oxygens (including phenoxy) is 2. The second-order valence-electron chi connectivity index (χ2n) is 5.64. The van der Waals surface area contributed by atoms with Crippen LogP contribution in [0.1, 0.15) is 19.9 Å². The topological polar surface area (TPSA) is 93.6 Å². The molecule has 0 radical (unpaired) electrons. The molecule has 0 unspecified atom stereocenters. The second-order valence-corrected chi connectivity index (χ2v) is 5.64. The fourth-order valence-electron chi connectivity index (χ4n) is 2.94. The first-order valence-electron chi connectivity index (χ1n) is 6.47. The number of nitrogens with one attached hydrogen (secondary N) is 1. The largest absolute Gasteiger partial charge is 0.393 e. The fraction of sp³-hybridized carbons (Fsp3) is 0.538. The number of rotatable bonds is 2. The molecule has 0 aromatic carbocycles. The van der Waals surface area contributed by atoms with E-state index in [1.165, 1.54) is 6.20 Å². The highest BCUT2D eigenvalue weighted by Gasteiger charge is 2.60. The van der Waals surface area contributed by atoms with Gasteiger partial charge >= 0.3 is 5.69 Å². The predicted octanol–water partition coefficient (Wildman–Crippen LogP) is -0.173. The molecule has 1 aliphatic heterocycles. The van der Waals surface area contributed by atoms with Crippen LogP contribution in [0.25, 0.3) is 0 Å². The lowest BCUT2D eigenvalue weighted by molar-refractivity contribution is -0.164. The number of aromatic amines is 1. The molecule has 0 bridgehead atoms. The Bertz CT molecular complexity index is 722. The van der Waals surface area contributed by atoms with E-state index < -0.39 is 47.2 Å². The van der Waals surface area contributed by atoms with Crippen LogP contribution in [-0.2, 0) is 9.47 Å². The van der Waals surface area contributed by atoms with Gasteiger partial charge in [0.1, 0.15) is 23.6 Å². The number of hydrogen-bond acceptors (Lipinski definition) is 5. The van der Waals surface area contributed by atoms with E-state index in [0.717, 1.165) is 16.7 Å². The van der Waals surface area contributed by atoms with E-state index in [2.05, 4.69) is 4.98 Å². The SMILES string of the molecule is CC1(C)O[C@H]2[C@H](n3ccc(=O)[nH]c3=O)C(F)=C[C@@]2(CO)O1. The van der Waals surface area contributed by atoms with Gasteiger partial charge in [0.2, 0.25) is 0 Å². The second kappa shape index (κ2) is 4.36. The monoisotopic (exact) mass is 298 g/mol. The Hall–Kier alpha value is -1.77. The van der Waals surface area contributed by atoms with E-state index >= 15 is 0 Å². The van der Waals surface area contributed by atoms with E-state index in [9.17, 15) is 19.1 Å². The standard InChI is InChI=1S/C13H15FN2O5/c1-12(2)20-10-9(7(14)5-13(10,6-17)21-12)16-4-3-8(18)15-11(16)19/h3-5,9-10,17H,6H2,1-2H3,(H,15,18,19)/t9-,10+,13+/m1/s1. The maximum atomic E-state index is 14.3. The Kier molecular flexibility index (Phi) is 2.94.